The Hall–Kier alpha value is -2.44. The second-order valence-electron chi connectivity index (χ2n) is 5.49. The highest BCUT2D eigenvalue weighted by atomic mass is 35.5. The smallest absolute Gasteiger partial charge is 0.223 e. The van der Waals surface area contributed by atoms with Crippen molar-refractivity contribution < 1.29 is 8.78 Å². The van der Waals surface area contributed by atoms with E-state index in [9.17, 15) is 8.78 Å². The van der Waals surface area contributed by atoms with Crippen LogP contribution in [0.1, 0.15) is 5.56 Å². The lowest BCUT2D eigenvalue weighted by molar-refractivity contribution is 0.583. The zero-order valence-corrected chi connectivity index (χ0v) is 14.5. The van der Waals surface area contributed by atoms with E-state index in [-0.39, 0.29) is 11.0 Å². The molecule has 0 aliphatic heterocycles. The van der Waals surface area contributed by atoms with Crippen LogP contribution >= 0.6 is 22.9 Å². The van der Waals surface area contributed by atoms with Gasteiger partial charge in [0, 0.05) is 17.0 Å². The second-order valence-corrected chi connectivity index (χ2v) is 6.88. The fourth-order valence-electron chi connectivity index (χ4n) is 2.70. The Labute approximate surface area is 151 Å². The number of thiophene rings is 1. The zero-order valence-electron chi connectivity index (χ0n) is 12.9. The van der Waals surface area contributed by atoms with Crippen LogP contribution in [0.3, 0.4) is 0 Å². The summed E-state index contributed by atoms with van der Waals surface area (Å²) in [7, 11) is 0. The Morgan fingerprint density at radius 1 is 1.04 bits per heavy atom. The first kappa shape index (κ1) is 16.1. The first-order valence-electron chi connectivity index (χ1n) is 7.36. The highest BCUT2D eigenvalue weighted by Gasteiger charge is 2.15. The zero-order chi connectivity index (χ0) is 17.6. The lowest BCUT2D eigenvalue weighted by atomic mass is 10.0. The van der Waals surface area contributed by atoms with E-state index >= 15 is 0 Å². The average Bonchev–Trinajstić information content (AvgIpc) is 3.03. The number of aryl methyl sites for hydroxylation is 1. The van der Waals surface area contributed by atoms with Crippen LogP contribution in [0.5, 0.6) is 0 Å². The first-order valence-corrected chi connectivity index (χ1v) is 8.56. The van der Waals surface area contributed by atoms with Gasteiger partial charge in [0.25, 0.3) is 0 Å². The van der Waals surface area contributed by atoms with Crippen molar-refractivity contribution in [1.29, 1.82) is 0 Å². The number of benzene rings is 1. The van der Waals surface area contributed by atoms with Crippen LogP contribution in [0, 0.1) is 18.7 Å². The minimum Gasteiger partial charge on any atom is -0.228 e. The van der Waals surface area contributed by atoms with Crippen LogP contribution in [0.15, 0.2) is 42.7 Å². The summed E-state index contributed by atoms with van der Waals surface area (Å²) < 4.78 is 28.6. The molecule has 25 heavy (non-hydrogen) atoms. The molecule has 0 aliphatic carbocycles. The Morgan fingerprint density at radius 2 is 1.88 bits per heavy atom. The quantitative estimate of drug-likeness (QED) is 0.336. The monoisotopic (exact) mass is 373 g/mol. The molecule has 0 atom stereocenters. The molecule has 0 bridgehead atoms. The fourth-order valence-corrected chi connectivity index (χ4v) is 4.01. The van der Waals surface area contributed by atoms with Gasteiger partial charge in [0.05, 0.1) is 11.1 Å². The molecule has 0 radical (unpaired) electrons. The van der Waals surface area contributed by atoms with Crippen molar-refractivity contribution in [2.45, 2.75) is 6.92 Å². The lowest BCUT2D eigenvalue weighted by Crippen LogP contribution is -1.90. The van der Waals surface area contributed by atoms with E-state index in [0.717, 1.165) is 33.0 Å². The van der Waals surface area contributed by atoms with E-state index in [1.165, 1.54) is 23.6 Å². The molecule has 1 aromatic carbocycles. The summed E-state index contributed by atoms with van der Waals surface area (Å²) in [6.07, 6.45) is 2.56. The van der Waals surface area contributed by atoms with Gasteiger partial charge in [0.2, 0.25) is 11.2 Å². The van der Waals surface area contributed by atoms with Crippen LogP contribution < -0.4 is 0 Å². The van der Waals surface area contributed by atoms with E-state index in [1.54, 1.807) is 0 Å². The predicted molar refractivity (Wildman–Crippen MR) is 95.7 cm³/mol. The van der Waals surface area contributed by atoms with E-state index in [2.05, 4.69) is 15.0 Å². The van der Waals surface area contributed by atoms with Crippen molar-refractivity contribution in [3.63, 3.8) is 0 Å². The maximum Gasteiger partial charge on any atom is 0.223 e. The molecule has 3 heterocycles. The summed E-state index contributed by atoms with van der Waals surface area (Å²) in [6, 6.07) is 8.97. The number of halogens is 3. The Morgan fingerprint density at radius 3 is 2.72 bits per heavy atom. The van der Waals surface area contributed by atoms with Gasteiger partial charge < -0.3 is 0 Å². The van der Waals surface area contributed by atoms with Crippen LogP contribution in [0.25, 0.3) is 31.8 Å². The van der Waals surface area contributed by atoms with E-state index in [4.69, 9.17) is 11.6 Å². The normalized spacial score (nSPS) is 11.2. The van der Waals surface area contributed by atoms with Gasteiger partial charge in [-0.2, -0.15) is 4.39 Å². The summed E-state index contributed by atoms with van der Waals surface area (Å²) in [5.74, 6) is -1.08. The predicted octanol–water partition coefficient (Wildman–Crippen LogP) is 5.66. The first-order chi connectivity index (χ1) is 12.0. The van der Waals surface area contributed by atoms with Crippen molar-refractivity contribution in [3.8, 4) is 21.7 Å². The number of fused-ring (bicyclic) bond motifs is 1. The van der Waals surface area contributed by atoms with Crippen molar-refractivity contribution in [2.75, 3.05) is 0 Å². The van der Waals surface area contributed by atoms with Gasteiger partial charge in [-0.25, -0.2) is 19.3 Å². The molecule has 7 heteroatoms. The van der Waals surface area contributed by atoms with Gasteiger partial charge in [-0.3, -0.25) is 0 Å². The maximum atomic E-state index is 14.1. The van der Waals surface area contributed by atoms with Crippen molar-refractivity contribution >= 4 is 33.0 Å². The SMILES string of the molecule is Cc1cnc(F)cc1-c1cccc2cc(-c3nc(Cl)ncc3F)sc12. The van der Waals surface area contributed by atoms with Gasteiger partial charge in [-0.05, 0) is 46.7 Å². The van der Waals surface area contributed by atoms with Crippen LogP contribution in [0.4, 0.5) is 8.78 Å². The molecule has 3 nitrogen and oxygen atoms in total. The number of rotatable bonds is 2. The molecule has 0 unspecified atom stereocenters. The van der Waals surface area contributed by atoms with Crippen LogP contribution in [0.2, 0.25) is 5.28 Å². The average molecular weight is 374 g/mol. The summed E-state index contributed by atoms with van der Waals surface area (Å²) in [5, 5.41) is 0.907. The highest BCUT2D eigenvalue weighted by Crippen LogP contribution is 2.40. The molecule has 3 aromatic heterocycles. The van der Waals surface area contributed by atoms with E-state index in [0.29, 0.717) is 4.88 Å². The molecule has 0 aliphatic rings. The second kappa shape index (κ2) is 6.13. The molecule has 124 valence electrons. The van der Waals surface area contributed by atoms with Crippen molar-refractivity contribution in [2.24, 2.45) is 0 Å². The summed E-state index contributed by atoms with van der Waals surface area (Å²) in [5.41, 5.74) is 2.64. The third-order valence-corrected chi connectivity index (χ3v) is 5.23. The van der Waals surface area contributed by atoms with Gasteiger partial charge in [0.1, 0.15) is 5.69 Å². The summed E-state index contributed by atoms with van der Waals surface area (Å²) >= 11 is 7.18. The van der Waals surface area contributed by atoms with Crippen molar-refractivity contribution in [1.82, 2.24) is 15.0 Å². The highest BCUT2D eigenvalue weighted by molar-refractivity contribution is 7.22. The molecule has 0 spiro atoms. The molecule has 0 fully saturated rings. The molecule has 0 saturated heterocycles. The Balaban J connectivity index is 1.96. The van der Waals surface area contributed by atoms with Gasteiger partial charge >= 0.3 is 0 Å². The maximum absolute atomic E-state index is 14.1. The standard InChI is InChI=1S/C18H10ClF2N3S/c1-9-7-22-15(21)6-12(9)11-4-2-3-10-5-14(25-17(10)11)16-13(20)8-23-18(19)24-16/h2-8H,1H3. The number of nitrogens with zero attached hydrogens (tertiary/aromatic N) is 3. The molecule has 0 amide bonds. The third-order valence-electron chi connectivity index (χ3n) is 3.85. The third kappa shape index (κ3) is 2.88. The van der Waals surface area contributed by atoms with E-state index in [1.807, 2.05) is 31.2 Å². The fraction of sp³-hybridized carbons (Fsp3) is 0.0556. The molecule has 0 saturated carbocycles. The number of hydrogen-bond donors (Lipinski definition) is 0. The van der Waals surface area contributed by atoms with Gasteiger partial charge in [-0.15, -0.1) is 11.3 Å². The molecular weight excluding hydrogens is 364 g/mol. The molecule has 0 N–H and O–H groups in total. The minimum atomic E-state index is -0.539. The Bertz CT molecular complexity index is 1110. The number of pyridine rings is 1. The summed E-state index contributed by atoms with van der Waals surface area (Å²) in [6.45, 7) is 1.87. The minimum absolute atomic E-state index is 0.0128. The number of aromatic nitrogens is 3. The molecular formula is C18H10ClF2N3S. The van der Waals surface area contributed by atoms with Crippen LogP contribution in [-0.2, 0) is 0 Å². The summed E-state index contributed by atoms with van der Waals surface area (Å²) in [4.78, 5) is 11.9. The largest absolute Gasteiger partial charge is 0.228 e. The van der Waals surface area contributed by atoms with E-state index < -0.39 is 11.8 Å². The lowest BCUT2D eigenvalue weighted by Gasteiger charge is -2.07. The topological polar surface area (TPSA) is 38.7 Å². The Kier molecular flexibility index (Phi) is 3.94. The molecule has 4 aromatic rings. The molecule has 4 rings (SSSR count). The van der Waals surface area contributed by atoms with Gasteiger partial charge in [-0.1, -0.05) is 18.2 Å². The van der Waals surface area contributed by atoms with Crippen LogP contribution in [-0.4, -0.2) is 15.0 Å². The van der Waals surface area contributed by atoms with Crippen molar-refractivity contribution in [3.05, 3.63) is 65.3 Å². The van der Waals surface area contributed by atoms with Gasteiger partial charge in [0.15, 0.2) is 5.82 Å². The number of hydrogen-bond acceptors (Lipinski definition) is 4.